The smallest absolute Gasteiger partial charge is 0.207 e. The van der Waals surface area contributed by atoms with Crippen LogP contribution >= 0.6 is 23.2 Å². The number of sulfonamides is 1. The Kier molecular flexibility index (Phi) is 5.25. The van der Waals surface area contributed by atoms with Crippen molar-refractivity contribution >= 4 is 33.2 Å². The van der Waals surface area contributed by atoms with Crippen molar-refractivity contribution in [3.63, 3.8) is 0 Å². The third-order valence-electron chi connectivity index (χ3n) is 2.93. The van der Waals surface area contributed by atoms with Crippen LogP contribution in [0.4, 0.5) is 13.2 Å². The minimum absolute atomic E-state index is 0.0635. The zero-order chi connectivity index (χ0) is 17.3. The highest BCUT2D eigenvalue weighted by atomic mass is 35.5. The maximum absolute atomic E-state index is 12.6. The second-order valence-electron chi connectivity index (χ2n) is 4.57. The third kappa shape index (κ3) is 4.38. The Morgan fingerprint density at radius 3 is 2.35 bits per heavy atom. The first-order valence-electron chi connectivity index (χ1n) is 6.21. The lowest BCUT2D eigenvalue weighted by Gasteiger charge is -2.11. The van der Waals surface area contributed by atoms with Crippen molar-refractivity contribution in [3.05, 3.63) is 63.6 Å². The summed E-state index contributed by atoms with van der Waals surface area (Å²) in [6.45, 7) is -0.310. The molecule has 0 amide bonds. The molecule has 0 radical (unpaired) electrons. The molecule has 0 unspecified atom stereocenters. The molecule has 2 aromatic carbocycles. The molecular formula is C14H10Cl2F3NO2S. The summed E-state index contributed by atoms with van der Waals surface area (Å²) in [6, 6.07) is 8.47. The van der Waals surface area contributed by atoms with Gasteiger partial charge in [0.05, 0.1) is 15.6 Å². The van der Waals surface area contributed by atoms with Crippen LogP contribution in [0.2, 0.25) is 10.0 Å². The molecule has 0 aromatic heterocycles. The number of alkyl halides is 3. The molecule has 0 aliphatic rings. The molecule has 0 fully saturated rings. The highest BCUT2D eigenvalue weighted by Crippen LogP contribution is 2.30. The van der Waals surface area contributed by atoms with Crippen LogP contribution in [-0.4, -0.2) is 8.42 Å². The lowest BCUT2D eigenvalue weighted by molar-refractivity contribution is -0.137. The SMILES string of the molecule is O=S(=O)(NCc1cccc(C(F)(F)F)c1)c1cccc(Cl)c1Cl. The van der Waals surface area contributed by atoms with Crippen LogP contribution in [0.5, 0.6) is 0 Å². The Bertz CT molecular complexity index is 823. The quantitative estimate of drug-likeness (QED) is 0.845. The van der Waals surface area contributed by atoms with Crippen molar-refractivity contribution in [2.45, 2.75) is 17.6 Å². The summed E-state index contributed by atoms with van der Waals surface area (Å²) in [7, 11) is -4.01. The summed E-state index contributed by atoms with van der Waals surface area (Å²) >= 11 is 11.6. The van der Waals surface area contributed by atoms with Gasteiger partial charge in [-0.15, -0.1) is 0 Å². The fraction of sp³-hybridized carbons (Fsp3) is 0.143. The van der Waals surface area contributed by atoms with E-state index in [0.29, 0.717) is 0 Å². The van der Waals surface area contributed by atoms with Gasteiger partial charge in [-0.1, -0.05) is 47.5 Å². The van der Waals surface area contributed by atoms with Crippen LogP contribution in [0.15, 0.2) is 47.4 Å². The van der Waals surface area contributed by atoms with Crippen molar-refractivity contribution in [2.24, 2.45) is 0 Å². The largest absolute Gasteiger partial charge is 0.416 e. The van der Waals surface area contributed by atoms with E-state index in [1.165, 1.54) is 30.3 Å². The third-order valence-corrected chi connectivity index (χ3v) is 5.30. The number of rotatable bonds is 4. The van der Waals surface area contributed by atoms with Crippen LogP contribution in [0.3, 0.4) is 0 Å². The fourth-order valence-electron chi connectivity index (χ4n) is 1.81. The average Bonchev–Trinajstić information content (AvgIpc) is 2.47. The Hall–Kier alpha value is -1.28. The molecule has 0 saturated carbocycles. The highest BCUT2D eigenvalue weighted by molar-refractivity contribution is 7.89. The maximum Gasteiger partial charge on any atom is 0.416 e. The van der Waals surface area contributed by atoms with E-state index in [-0.39, 0.29) is 27.0 Å². The fourth-order valence-corrected chi connectivity index (χ4v) is 3.58. The first-order valence-corrected chi connectivity index (χ1v) is 8.45. The normalized spacial score (nSPS) is 12.4. The first kappa shape index (κ1) is 18.1. The van der Waals surface area contributed by atoms with Crippen molar-refractivity contribution in [1.82, 2.24) is 4.72 Å². The van der Waals surface area contributed by atoms with Gasteiger partial charge in [0.25, 0.3) is 0 Å². The number of halogens is 5. The second-order valence-corrected chi connectivity index (χ2v) is 7.10. The molecule has 0 aliphatic carbocycles. The molecular weight excluding hydrogens is 374 g/mol. The molecule has 124 valence electrons. The summed E-state index contributed by atoms with van der Waals surface area (Å²) in [5.41, 5.74) is -0.684. The van der Waals surface area contributed by atoms with Gasteiger partial charge in [-0.3, -0.25) is 0 Å². The molecule has 9 heteroatoms. The molecule has 23 heavy (non-hydrogen) atoms. The molecule has 0 saturated heterocycles. The highest BCUT2D eigenvalue weighted by Gasteiger charge is 2.30. The molecule has 1 N–H and O–H groups in total. The average molecular weight is 384 g/mol. The Morgan fingerprint density at radius 1 is 1.04 bits per heavy atom. The van der Waals surface area contributed by atoms with Gasteiger partial charge < -0.3 is 0 Å². The number of nitrogens with one attached hydrogen (secondary N) is 1. The molecule has 0 heterocycles. The summed E-state index contributed by atoms with van der Waals surface area (Å²) < 4.78 is 64.5. The monoisotopic (exact) mass is 383 g/mol. The minimum atomic E-state index is -4.49. The van der Waals surface area contributed by atoms with Crippen LogP contribution < -0.4 is 4.72 Å². The topological polar surface area (TPSA) is 46.2 Å². The van der Waals surface area contributed by atoms with Crippen LogP contribution in [-0.2, 0) is 22.7 Å². The van der Waals surface area contributed by atoms with Crippen molar-refractivity contribution in [1.29, 1.82) is 0 Å². The van der Waals surface area contributed by atoms with E-state index in [1.54, 1.807) is 0 Å². The Balaban J connectivity index is 2.22. The van der Waals surface area contributed by atoms with Crippen LogP contribution in [0, 0.1) is 0 Å². The van der Waals surface area contributed by atoms with Gasteiger partial charge in [0.2, 0.25) is 10.0 Å². The summed E-state index contributed by atoms with van der Waals surface area (Å²) in [5.74, 6) is 0. The van der Waals surface area contributed by atoms with Gasteiger partial charge in [-0.05, 0) is 23.8 Å². The first-order chi connectivity index (χ1) is 10.6. The molecule has 2 aromatic rings. The number of hydrogen-bond acceptors (Lipinski definition) is 2. The number of benzene rings is 2. The van der Waals surface area contributed by atoms with E-state index in [2.05, 4.69) is 4.72 Å². The summed E-state index contributed by atoms with van der Waals surface area (Å²) in [4.78, 5) is -0.237. The summed E-state index contributed by atoms with van der Waals surface area (Å²) in [5, 5.41) is -0.0840. The Labute approximate surface area is 141 Å². The van der Waals surface area contributed by atoms with E-state index < -0.39 is 21.8 Å². The molecule has 0 aliphatic heterocycles. The molecule has 3 nitrogen and oxygen atoms in total. The predicted molar refractivity (Wildman–Crippen MR) is 81.9 cm³/mol. The maximum atomic E-state index is 12.6. The van der Waals surface area contributed by atoms with Gasteiger partial charge in [-0.25, -0.2) is 13.1 Å². The van der Waals surface area contributed by atoms with E-state index in [4.69, 9.17) is 23.2 Å². The standard InChI is InChI=1S/C14H10Cl2F3NO2S/c15-11-5-2-6-12(13(11)16)23(21,22)20-8-9-3-1-4-10(7-9)14(17,18)19/h1-7,20H,8H2. The predicted octanol–water partition coefficient (Wildman–Crippen LogP) is 4.49. The van der Waals surface area contributed by atoms with E-state index in [9.17, 15) is 21.6 Å². The molecule has 0 spiro atoms. The van der Waals surface area contributed by atoms with Crippen molar-refractivity contribution < 1.29 is 21.6 Å². The van der Waals surface area contributed by atoms with Crippen LogP contribution in [0.25, 0.3) is 0 Å². The molecule has 2 rings (SSSR count). The minimum Gasteiger partial charge on any atom is -0.207 e. The van der Waals surface area contributed by atoms with Gasteiger partial charge in [0.15, 0.2) is 0 Å². The van der Waals surface area contributed by atoms with Gasteiger partial charge in [-0.2, -0.15) is 13.2 Å². The Morgan fingerprint density at radius 2 is 1.70 bits per heavy atom. The zero-order valence-electron chi connectivity index (χ0n) is 11.4. The molecule has 0 atom stereocenters. The second kappa shape index (κ2) is 6.68. The van der Waals surface area contributed by atoms with Crippen LogP contribution in [0.1, 0.15) is 11.1 Å². The van der Waals surface area contributed by atoms with Crippen molar-refractivity contribution in [3.8, 4) is 0 Å². The number of hydrogen-bond donors (Lipinski definition) is 1. The van der Waals surface area contributed by atoms with Gasteiger partial charge in [0.1, 0.15) is 4.90 Å². The van der Waals surface area contributed by atoms with Gasteiger partial charge in [0, 0.05) is 6.54 Å². The zero-order valence-corrected chi connectivity index (χ0v) is 13.7. The van der Waals surface area contributed by atoms with E-state index >= 15 is 0 Å². The molecule has 0 bridgehead atoms. The van der Waals surface area contributed by atoms with Gasteiger partial charge >= 0.3 is 6.18 Å². The van der Waals surface area contributed by atoms with Crippen molar-refractivity contribution in [2.75, 3.05) is 0 Å². The van der Waals surface area contributed by atoms with E-state index in [1.807, 2.05) is 0 Å². The summed E-state index contributed by atoms with van der Waals surface area (Å²) in [6.07, 6.45) is -4.49. The lowest BCUT2D eigenvalue weighted by Crippen LogP contribution is -2.23. The van der Waals surface area contributed by atoms with E-state index in [0.717, 1.165) is 12.1 Å². The lowest BCUT2D eigenvalue weighted by atomic mass is 10.1.